The fraction of sp³-hybridized carbons (Fsp3) is 0.650. The highest BCUT2D eigenvalue weighted by Gasteiger charge is 2.32. The summed E-state index contributed by atoms with van der Waals surface area (Å²) in [6.07, 6.45) is 2.16. The molecule has 1 fully saturated rings. The minimum absolute atomic E-state index is 0.136. The largest absolute Gasteiger partial charge is 0.345 e. The molecule has 1 unspecified atom stereocenters. The Labute approximate surface area is 164 Å². The van der Waals surface area contributed by atoms with Crippen LogP contribution < -0.4 is 0 Å². The molecule has 0 N–H and O–H groups in total. The van der Waals surface area contributed by atoms with E-state index < -0.39 is 10.2 Å². The summed E-state index contributed by atoms with van der Waals surface area (Å²) in [6, 6.07) is 8.15. The van der Waals surface area contributed by atoms with Gasteiger partial charge in [-0.25, -0.2) is 0 Å². The first-order valence-corrected chi connectivity index (χ1v) is 11.0. The Morgan fingerprint density at radius 2 is 1.74 bits per heavy atom. The summed E-state index contributed by atoms with van der Waals surface area (Å²) in [6.45, 7) is 6.13. The lowest BCUT2D eigenvalue weighted by Crippen LogP contribution is -2.38. The molecule has 0 radical (unpaired) electrons. The Balaban J connectivity index is 1.89. The zero-order valence-electron chi connectivity index (χ0n) is 17.2. The Morgan fingerprint density at radius 1 is 1.15 bits per heavy atom. The molecular formula is C20H33N3O3S. The van der Waals surface area contributed by atoms with Crippen LogP contribution in [0.15, 0.2) is 24.3 Å². The van der Waals surface area contributed by atoms with Crippen LogP contribution in [0, 0.1) is 11.8 Å². The van der Waals surface area contributed by atoms with Crippen LogP contribution in [0.1, 0.15) is 31.4 Å². The van der Waals surface area contributed by atoms with Crippen molar-refractivity contribution in [1.82, 2.24) is 13.5 Å². The molecule has 6 nitrogen and oxygen atoms in total. The second-order valence-electron chi connectivity index (χ2n) is 8.17. The number of hydrogen-bond acceptors (Lipinski definition) is 3. The van der Waals surface area contributed by atoms with Gasteiger partial charge in [-0.2, -0.15) is 17.0 Å². The standard InChI is InChI=1S/C20H33N3O3S/c1-16(2)14-22(5)20(24)13-18-8-6-17(7-9-18)12-19-10-11-23(15-19)27(25,26)21(3)4/h6-9,16,19H,10-15H2,1-5H3. The lowest BCUT2D eigenvalue weighted by molar-refractivity contribution is -0.129. The van der Waals surface area contributed by atoms with E-state index in [1.165, 1.54) is 9.87 Å². The molecular weight excluding hydrogens is 362 g/mol. The molecule has 1 amide bonds. The van der Waals surface area contributed by atoms with Gasteiger partial charge in [0.25, 0.3) is 10.2 Å². The summed E-state index contributed by atoms with van der Waals surface area (Å²) < 4.78 is 27.3. The second kappa shape index (κ2) is 9.17. The molecule has 0 aliphatic carbocycles. The van der Waals surface area contributed by atoms with Gasteiger partial charge in [-0.05, 0) is 35.8 Å². The SMILES string of the molecule is CC(C)CN(C)C(=O)Cc1ccc(CC2CCN(S(=O)(=O)N(C)C)C2)cc1. The third-order valence-corrected chi connectivity index (χ3v) is 6.91. The van der Waals surface area contributed by atoms with Crippen LogP contribution >= 0.6 is 0 Å². The first-order valence-electron chi connectivity index (χ1n) is 9.59. The zero-order valence-corrected chi connectivity index (χ0v) is 18.0. The van der Waals surface area contributed by atoms with Crippen LogP contribution in [0.3, 0.4) is 0 Å². The number of amides is 1. The topological polar surface area (TPSA) is 60.9 Å². The minimum Gasteiger partial charge on any atom is -0.345 e. The smallest absolute Gasteiger partial charge is 0.281 e. The highest BCUT2D eigenvalue weighted by atomic mass is 32.2. The average molecular weight is 396 g/mol. The van der Waals surface area contributed by atoms with Gasteiger partial charge in [0.2, 0.25) is 5.91 Å². The van der Waals surface area contributed by atoms with Gasteiger partial charge >= 0.3 is 0 Å². The van der Waals surface area contributed by atoms with E-state index in [2.05, 4.69) is 26.0 Å². The van der Waals surface area contributed by atoms with Crippen molar-refractivity contribution in [3.8, 4) is 0 Å². The number of rotatable bonds is 8. The number of hydrogen-bond donors (Lipinski definition) is 0. The first-order chi connectivity index (χ1) is 12.6. The molecule has 7 heteroatoms. The molecule has 1 saturated heterocycles. The van der Waals surface area contributed by atoms with Crippen molar-refractivity contribution >= 4 is 16.1 Å². The summed E-state index contributed by atoms with van der Waals surface area (Å²) >= 11 is 0. The molecule has 1 aromatic carbocycles. The summed E-state index contributed by atoms with van der Waals surface area (Å²) in [7, 11) is 1.68. The molecule has 152 valence electrons. The molecule has 0 spiro atoms. The fourth-order valence-corrected chi connectivity index (χ4v) is 4.69. The van der Waals surface area contributed by atoms with Gasteiger partial charge in [0.1, 0.15) is 0 Å². The zero-order chi connectivity index (χ0) is 20.2. The van der Waals surface area contributed by atoms with Crippen molar-refractivity contribution in [3.05, 3.63) is 35.4 Å². The van der Waals surface area contributed by atoms with Crippen LogP contribution in [0.2, 0.25) is 0 Å². The van der Waals surface area contributed by atoms with Gasteiger partial charge in [0, 0.05) is 40.8 Å². The van der Waals surface area contributed by atoms with Crippen molar-refractivity contribution in [3.63, 3.8) is 0 Å². The van der Waals surface area contributed by atoms with Crippen LogP contribution in [0.4, 0.5) is 0 Å². The average Bonchev–Trinajstić information content (AvgIpc) is 3.05. The predicted molar refractivity (Wildman–Crippen MR) is 109 cm³/mol. The highest BCUT2D eigenvalue weighted by Crippen LogP contribution is 2.24. The van der Waals surface area contributed by atoms with E-state index >= 15 is 0 Å². The second-order valence-corrected chi connectivity index (χ2v) is 10.3. The molecule has 1 aliphatic heterocycles. The van der Waals surface area contributed by atoms with Gasteiger partial charge < -0.3 is 4.90 Å². The highest BCUT2D eigenvalue weighted by molar-refractivity contribution is 7.86. The number of benzene rings is 1. The normalized spacial score (nSPS) is 18.4. The lowest BCUT2D eigenvalue weighted by Gasteiger charge is -2.21. The van der Waals surface area contributed by atoms with Gasteiger partial charge in [0.15, 0.2) is 0 Å². The van der Waals surface area contributed by atoms with Crippen molar-refractivity contribution in [2.24, 2.45) is 11.8 Å². The third-order valence-electron chi connectivity index (χ3n) is 5.00. The van der Waals surface area contributed by atoms with Crippen LogP contribution in [0.25, 0.3) is 0 Å². The molecule has 0 saturated carbocycles. The number of likely N-dealkylation sites (N-methyl/N-ethyl adjacent to an activating group) is 1. The maximum Gasteiger partial charge on any atom is 0.281 e. The van der Waals surface area contributed by atoms with Crippen LogP contribution in [-0.4, -0.2) is 68.6 Å². The van der Waals surface area contributed by atoms with Gasteiger partial charge in [-0.15, -0.1) is 0 Å². The number of carbonyl (C=O) groups excluding carboxylic acids is 1. The quantitative estimate of drug-likeness (QED) is 0.677. The van der Waals surface area contributed by atoms with Crippen molar-refractivity contribution in [2.75, 3.05) is 40.8 Å². The number of carbonyl (C=O) groups is 1. The molecule has 1 aliphatic rings. The molecule has 0 bridgehead atoms. The van der Waals surface area contributed by atoms with Crippen LogP contribution in [-0.2, 0) is 27.8 Å². The van der Waals surface area contributed by atoms with E-state index in [4.69, 9.17) is 0 Å². The lowest BCUT2D eigenvalue weighted by atomic mass is 9.97. The van der Waals surface area contributed by atoms with E-state index in [0.717, 1.165) is 24.9 Å². The third kappa shape index (κ3) is 6.02. The Hall–Kier alpha value is -1.44. The molecule has 1 heterocycles. The molecule has 0 aromatic heterocycles. The maximum absolute atomic E-state index is 12.3. The van der Waals surface area contributed by atoms with E-state index in [1.54, 1.807) is 23.3 Å². The molecule has 1 aromatic rings. The van der Waals surface area contributed by atoms with E-state index in [0.29, 0.717) is 31.3 Å². The van der Waals surface area contributed by atoms with E-state index in [1.807, 2.05) is 19.2 Å². The minimum atomic E-state index is -3.31. The molecule has 2 rings (SSSR count). The molecule has 1 atom stereocenters. The predicted octanol–water partition coefficient (Wildman–Crippen LogP) is 2.01. The van der Waals surface area contributed by atoms with Crippen LogP contribution in [0.5, 0.6) is 0 Å². The Kier molecular flexibility index (Phi) is 7.42. The summed E-state index contributed by atoms with van der Waals surface area (Å²) in [4.78, 5) is 14.0. The monoisotopic (exact) mass is 395 g/mol. The first kappa shape index (κ1) is 21.9. The summed E-state index contributed by atoms with van der Waals surface area (Å²) in [5, 5.41) is 0. The van der Waals surface area contributed by atoms with Crippen molar-refractivity contribution in [1.29, 1.82) is 0 Å². The Bertz CT molecular complexity index is 729. The van der Waals surface area contributed by atoms with Gasteiger partial charge in [-0.1, -0.05) is 38.1 Å². The summed E-state index contributed by atoms with van der Waals surface area (Å²) in [5.74, 6) is 0.935. The number of nitrogens with zero attached hydrogens (tertiary/aromatic N) is 3. The van der Waals surface area contributed by atoms with E-state index in [9.17, 15) is 13.2 Å². The maximum atomic E-state index is 12.3. The summed E-state index contributed by atoms with van der Waals surface area (Å²) in [5.41, 5.74) is 2.21. The van der Waals surface area contributed by atoms with Crippen molar-refractivity contribution < 1.29 is 13.2 Å². The van der Waals surface area contributed by atoms with Gasteiger partial charge in [0.05, 0.1) is 6.42 Å². The van der Waals surface area contributed by atoms with Gasteiger partial charge in [-0.3, -0.25) is 4.79 Å². The van der Waals surface area contributed by atoms with Crippen molar-refractivity contribution in [2.45, 2.75) is 33.1 Å². The molecule has 27 heavy (non-hydrogen) atoms. The Morgan fingerprint density at radius 3 is 2.30 bits per heavy atom. The fourth-order valence-electron chi connectivity index (χ4n) is 3.49. The van der Waals surface area contributed by atoms with E-state index in [-0.39, 0.29) is 5.91 Å².